The largest absolute Gasteiger partial charge is 0.353 e. The van der Waals surface area contributed by atoms with E-state index in [4.69, 9.17) is 10.9 Å². The van der Waals surface area contributed by atoms with Crippen molar-refractivity contribution in [2.24, 2.45) is 10.9 Å². The molecular formula is C16H16F2IN3O2S. The number of sulfonamides is 1. The first kappa shape index (κ1) is 18.5. The second-order valence-corrected chi connectivity index (χ2v) is 9.10. The number of hydrogen-bond donors (Lipinski definition) is 3. The standard InChI is InChI=1S/C16H16F2IN3O2S/c17-10-5-9(8-20)15(16(3-4-16)25(21,23)24)14(6-10)22-13-2-1-11(19)7-12(13)18/h1-2,5-7,22H,3-4,8,20H2,(H2,21,23,24). The molecule has 0 aliphatic heterocycles. The Morgan fingerprint density at radius 2 is 1.84 bits per heavy atom. The summed E-state index contributed by atoms with van der Waals surface area (Å²) in [5, 5.41) is 8.22. The molecule has 2 aromatic rings. The third-order valence-electron chi connectivity index (χ3n) is 4.31. The van der Waals surface area contributed by atoms with E-state index in [0.717, 1.165) is 6.07 Å². The first-order valence-corrected chi connectivity index (χ1v) is 10.1. The van der Waals surface area contributed by atoms with Crippen molar-refractivity contribution in [1.82, 2.24) is 0 Å². The highest BCUT2D eigenvalue weighted by Crippen LogP contribution is 2.55. The van der Waals surface area contributed by atoms with Crippen molar-refractivity contribution in [3.8, 4) is 0 Å². The maximum atomic E-state index is 14.2. The summed E-state index contributed by atoms with van der Waals surface area (Å²) in [7, 11) is -3.93. The lowest BCUT2D eigenvalue weighted by molar-refractivity contribution is 0.580. The van der Waals surface area contributed by atoms with Crippen molar-refractivity contribution in [3.63, 3.8) is 0 Å². The highest BCUT2D eigenvalue weighted by atomic mass is 127. The van der Waals surface area contributed by atoms with Crippen LogP contribution < -0.4 is 16.2 Å². The average molecular weight is 479 g/mol. The van der Waals surface area contributed by atoms with Crippen LogP contribution >= 0.6 is 22.6 Å². The Morgan fingerprint density at radius 3 is 2.36 bits per heavy atom. The zero-order chi connectivity index (χ0) is 18.4. The van der Waals surface area contributed by atoms with Crippen molar-refractivity contribution < 1.29 is 17.2 Å². The summed E-state index contributed by atoms with van der Waals surface area (Å²) in [6, 6.07) is 6.83. The molecule has 0 atom stereocenters. The lowest BCUT2D eigenvalue weighted by atomic mass is 9.99. The minimum Gasteiger partial charge on any atom is -0.353 e. The van der Waals surface area contributed by atoms with Crippen LogP contribution in [0.25, 0.3) is 0 Å². The highest BCUT2D eigenvalue weighted by Gasteiger charge is 2.56. The van der Waals surface area contributed by atoms with Crippen molar-refractivity contribution in [2.75, 3.05) is 5.32 Å². The van der Waals surface area contributed by atoms with Crippen molar-refractivity contribution in [3.05, 3.63) is 56.7 Å². The van der Waals surface area contributed by atoms with Crippen LogP contribution in [-0.2, 0) is 21.3 Å². The van der Waals surface area contributed by atoms with Gasteiger partial charge in [-0.25, -0.2) is 22.3 Å². The van der Waals surface area contributed by atoms with Gasteiger partial charge in [-0.15, -0.1) is 0 Å². The van der Waals surface area contributed by atoms with Gasteiger partial charge in [-0.1, -0.05) is 0 Å². The molecule has 134 valence electrons. The zero-order valence-corrected chi connectivity index (χ0v) is 16.0. The number of hydrogen-bond acceptors (Lipinski definition) is 4. The van der Waals surface area contributed by atoms with Gasteiger partial charge in [0, 0.05) is 21.4 Å². The zero-order valence-electron chi connectivity index (χ0n) is 13.0. The normalized spacial score (nSPS) is 15.9. The summed E-state index contributed by atoms with van der Waals surface area (Å²) < 4.78 is 51.8. The van der Waals surface area contributed by atoms with E-state index < -0.39 is 26.4 Å². The predicted octanol–water partition coefficient (Wildman–Crippen LogP) is 3.05. The minimum absolute atomic E-state index is 0.0613. The molecule has 0 saturated heterocycles. The monoisotopic (exact) mass is 479 g/mol. The average Bonchev–Trinajstić information content (AvgIpc) is 3.30. The van der Waals surface area contributed by atoms with Gasteiger partial charge in [0.1, 0.15) is 16.4 Å². The number of primary sulfonamides is 1. The molecule has 2 aromatic carbocycles. The molecule has 0 unspecified atom stereocenters. The van der Waals surface area contributed by atoms with Crippen LogP contribution in [0.3, 0.4) is 0 Å². The van der Waals surface area contributed by atoms with Crippen LogP contribution in [0.15, 0.2) is 30.3 Å². The SMILES string of the molecule is NCc1cc(F)cc(Nc2ccc(I)cc2F)c1C1(S(N)(=O)=O)CC1. The fourth-order valence-electron chi connectivity index (χ4n) is 2.99. The molecule has 0 aromatic heterocycles. The molecule has 0 radical (unpaired) electrons. The quantitative estimate of drug-likeness (QED) is 0.575. The second-order valence-electron chi connectivity index (χ2n) is 5.98. The van der Waals surface area contributed by atoms with Gasteiger partial charge < -0.3 is 11.1 Å². The fourth-order valence-corrected chi connectivity index (χ4v) is 4.64. The minimum atomic E-state index is -3.93. The predicted molar refractivity (Wildman–Crippen MR) is 101 cm³/mol. The second kappa shape index (κ2) is 6.45. The third-order valence-corrected chi connectivity index (χ3v) is 6.68. The maximum absolute atomic E-state index is 14.2. The fraction of sp³-hybridized carbons (Fsp3) is 0.250. The molecule has 0 bridgehead atoms. The molecule has 9 heteroatoms. The lowest BCUT2D eigenvalue weighted by Crippen LogP contribution is -2.30. The first-order chi connectivity index (χ1) is 11.7. The Kier molecular flexibility index (Phi) is 4.77. The van der Waals surface area contributed by atoms with E-state index in [9.17, 15) is 17.2 Å². The Bertz CT molecular complexity index is 947. The molecule has 1 aliphatic rings. The molecule has 5 nitrogen and oxygen atoms in total. The number of halogens is 3. The molecule has 0 heterocycles. The summed E-state index contributed by atoms with van der Waals surface area (Å²) in [5.41, 5.74) is 6.61. The molecule has 1 fully saturated rings. The Labute approximate surface area is 158 Å². The number of benzene rings is 2. The topological polar surface area (TPSA) is 98.2 Å². The van der Waals surface area contributed by atoms with Gasteiger partial charge in [-0.3, -0.25) is 0 Å². The number of nitrogens with two attached hydrogens (primary N) is 2. The summed E-state index contributed by atoms with van der Waals surface area (Å²) in [5.74, 6) is -1.13. The van der Waals surface area contributed by atoms with E-state index in [2.05, 4.69) is 5.32 Å². The molecule has 1 saturated carbocycles. The Morgan fingerprint density at radius 1 is 1.16 bits per heavy atom. The molecule has 25 heavy (non-hydrogen) atoms. The Balaban J connectivity index is 2.18. The van der Waals surface area contributed by atoms with Crippen molar-refractivity contribution in [1.29, 1.82) is 0 Å². The van der Waals surface area contributed by atoms with E-state index in [0.29, 0.717) is 27.5 Å². The number of nitrogens with one attached hydrogen (secondary N) is 1. The third kappa shape index (κ3) is 3.37. The maximum Gasteiger partial charge on any atom is 0.219 e. The number of rotatable bonds is 5. The molecule has 3 rings (SSSR count). The summed E-state index contributed by atoms with van der Waals surface area (Å²) >= 11 is 1.97. The van der Waals surface area contributed by atoms with Gasteiger partial charge >= 0.3 is 0 Å². The van der Waals surface area contributed by atoms with Crippen LogP contribution in [0.2, 0.25) is 0 Å². The van der Waals surface area contributed by atoms with Gasteiger partial charge in [-0.2, -0.15) is 0 Å². The molecule has 1 aliphatic carbocycles. The molecular weight excluding hydrogens is 463 g/mol. The van der Waals surface area contributed by atoms with Crippen LogP contribution in [0.1, 0.15) is 24.0 Å². The van der Waals surface area contributed by atoms with Gasteiger partial charge in [0.2, 0.25) is 10.0 Å². The first-order valence-electron chi connectivity index (χ1n) is 7.45. The summed E-state index contributed by atoms with van der Waals surface area (Å²) in [6.07, 6.45) is 0.628. The Hall–Kier alpha value is -1.30. The van der Waals surface area contributed by atoms with E-state index in [-0.39, 0.29) is 17.9 Å². The van der Waals surface area contributed by atoms with E-state index in [1.165, 1.54) is 18.2 Å². The molecule has 0 amide bonds. The van der Waals surface area contributed by atoms with E-state index in [1.54, 1.807) is 6.07 Å². The molecule has 0 spiro atoms. The van der Waals surface area contributed by atoms with Crippen molar-refractivity contribution >= 4 is 44.0 Å². The van der Waals surface area contributed by atoms with Gasteiger partial charge in [0.05, 0.1) is 5.69 Å². The van der Waals surface area contributed by atoms with Gasteiger partial charge in [0.15, 0.2) is 0 Å². The molecule has 5 N–H and O–H groups in total. The smallest absolute Gasteiger partial charge is 0.219 e. The summed E-state index contributed by atoms with van der Waals surface area (Å²) in [6.45, 7) is -0.0613. The van der Waals surface area contributed by atoms with E-state index in [1.807, 2.05) is 22.6 Å². The van der Waals surface area contributed by atoms with Gasteiger partial charge in [0.25, 0.3) is 0 Å². The van der Waals surface area contributed by atoms with Gasteiger partial charge in [-0.05, 0) is 71.3 Å². The summed E-state index contributed by atoms with van der Waals surface area (Å²) in [4.78, 5) is 0. The van der Waals surface area contributed by atoms with Crippen LogP contribution in [-0.4, -0.2) is 8.42 Å². The van der Waals surface area contributed by atoms with Crippen LogP contribution in [0, 0.1) is 15.2 Å². The van der Waals surface area contributed by atoms with Crippen LogP contribution in [0.4, 0.5) is 20.2 Å². The number of anilines is 2. The van der Waals surface area contributed by atoms with E-state index >= 15 is 0 Å². The lowest BCUT2D eigenvalue weighted by Gasteiger charge is -2.22. The van der Waals surface area contributed by atoms with Crippen LogP contribution in [0.5, 0.6) is 0 Å². The van der Waals surface area contributed by atoms with Crippen molar-refractivity contribution in [2.45, 2.75) is 24.1 Å². The highest BCUT2D eigenvalue weighted by molar-refractivity contribution is 14.1.